The summed E-state index contributed by atoms with van der Waals surface area (Å²) in [5.41, 5.74) is 2.75. The molecule has 0 aliphatic carbocycles. The summed E-state index contributed by atoms with van der Waals surface area (Å²) in [6, 6.07) is 2.12. The molecule has 0 aromatic carbocycles. The monoisotopic (exact) mass is 162 g/mol. The smallest absolute Gasteiger partial charge is 0.0589 e. The third-order valence-corrected chi connectivity index (χ3v) is 2.24. The molecule has 12 heavy (non-hydrogen) atoms. The summed E-state index contributed by atoms with van der Waals surface area (Å²) in [7, 11) is 0. The largest absolute Gasteiger partial charge is 0.367 e. The maximum atomic E-state index is 4.15. The predicted molar refractivity (Wildman–Crippen MR) is 50.5 cm³/mol. The van der Waals surface area contributed by atoms with Crippen LogP contribution in [0.2, 0.25) is 0 Å². The summed E-state index contributed by atoms with van der Waals surface area (Å²) >= 11 is 0. The third kappa shape index (κ3) is 1.29. The van der Waals surface area contributed by atoms with E-state index in [9.17, 15) is 0 Å². The van der Waals surface area contributed by atoms with Crippen LogP contribution < -0.4 is 4.90 Å². The first-order valence-corrected chi connectivity index (χ1v) is 4.48. The first-order chi connectivity index (χ1) is 5.79. The van der Waals surface area contributed by atoms with Crippen molar-refractivity contribution in [2.24, 2.45) is 0 Å². The fourth-order valence-electron chi connectivity index (χ4n) is 1.44. The van der Waals surface area contributed by atoms with Crippen molar-refractivity contribution >= 4 is 5.69 Å². The van der Waals surface area contributed by atoms with Crippen molar-refractivity contribution in [1.82, 2.24) is 4.98 Å². The van der Waals surface area contributed by atoms with Gasteiger partial charge < -0.3 is 4.90 Å². The van der Waals surface area contributed by atoms with Gasteiger partial charge in [-0.05, 0) is 17.5 Å². The summed E-state index contributed by atoms with van der Waals surface area (Å²) in [5, 5.41) is 0. The number of anilines is 1. The highest BCUT2D eigenvalue weighted by atomic mass is 15.3. The second-order valence-electron chi connectivity index (χ2n) is 3.58. The van der Waals surface area contributed by atoms with Crippen LogP contribution in [0.25, 0.3) is 0 Å². The molecule has 1 aromatic rings. The topological polar surface area (TPSA) is 15.9 Å². The zero-order valence-corrected chi connectivity index (χ0v) is 7.62. The Hall–Kier alpha value is -1.05. The molecule has 0 spiro atoms. The summed E-state index contributed by atoms with van der Waals surface area (Å²) in [5.74, 6) is 0.601. The maximum Gasteiger partial charge on any atom is 0.0589 e. The fourth-order valence-corrected chi connectivity index (χ4v) is 1.44. The molecule has 1 aromatic heterocycles. The standard InChI is InChI=1S/C10H14N2/c1-8(2)9-3-4-11-7-10(9)12-5-6-12/h3-4,7-8H,5-6H2,1-2H3. The molecule has 1 aliphatic rings. The molecule has 0 N–H and O–H groups in total. The molecule has 2 rings (SSSR count). The molecule has 1 saturated heterocycles. The molecule has 0 bridgehead atoms. The van der Waals surface area contributed by atoms with E-state index < -0.39 is 0 Å². The van der Waals surface area contributed by atoms with E-state index in [2.05, 4.69) is 29.8 Å². The lowest BCUT2D eigenvalue weighted by atomic mass is 10.0. The number of rotatable bonds is 2. The quantitative estimate of drug-likeness (QED) is 0.618. The van der Waals surface area contributed by atoms with Crippen molar-refractivity contribution in [3.63, 3.8) is 0 Å². The Morgan fingerprint density at radius 1 is 1.42 bits per heavy atom. The van der Waals surface area contributed by atoms with Crippen LogP contribution in [0.4, 0.5) is 5.69 Å². The van der Waals surface area contributed by atoms with Crippen LogP contribution in [0.3, 0.4) is 0 Å². The minimum atomic E-state index is 0.601. The molecule has 1 aliphatic heterocycles. The molecular formula is C10H14N2. The first-order valence-electron chi connectivity index (χ1n) is 4.48. The number of pyridine rings is 1. The van der Waals surface area contributed by atoms with Gasteiger partial charge in [-0.1, -0.05) is 13.8 Å². The third-order valence-electron chi connectivity index (χ3n) is 2.24. The van der Waals surface area contributed by atoms with Crippen LogP contribution >= 0.6 is 0 Å². The number of hydrogen-bond donors (Lipinski definition) is 0. The van der Waals surface area contributed by atoms with Gasteiger partial charge in [0.05, 0.1) is 11.9 Å². The van der Waals surface area contributed by atoms with Crippen LogP contribution in [0, 0.1) is 0 Å². The zero-order valence-electron chi connectivity index (χ0n) is 7.62. The van der Waals surface area contributed by atoms with E-state index in [1.165, 1.54) is 24.3 Å². The van der Waals surface area contributed by atoms with Gasteiger partial charge >= 0.3 is 0 Å². The van der Waals surface area contributed by atoms with E-state index in [0.29, 0.717) is 5.92 Å². The summed E-state index contributed by atoms with van der Waals surface area (Å²) in [6.07, 6.45) is 3.85. The highest BCUT2D eigenvalue weighted by molar-refractivity contribution is 5.56. The second kappa shape index (κ2) is 2.77. The van der Waals surface area contributed by atoms with E-state index >= 15 is 0 Å². The van der Waals surface area contributed by atoms with Gasteiger partial charge in [0.25, 0.3) is 0 Å². The average molecular weight is 162 g/mol. The van der Waals surface area contributed by atoms with Gasteiger partial charge in [0, 0.05) is 19.3 Å². The molecule has 0 amide bonds. The van der Waals surface area contributed by atoms with Gasteiger partial charge in [-0.3, -0.25) is 4.98 Å². The van der Waals surface area contributed by atoms with Crippen LogP contribution in [0.15, 0.2) is 18.5 Å². The van der Waals surface area contributed by atoms with Crippen LogP contribution in [-0.2, 0) is 0 Å². The molecule has 0 unspecified atom stereocenters. The highest BCUT2D eigenvalue weighted by Crippen LogP contribution is 2.29. The lowest BCUT2D eigenvalue weighted by Gasteiger charge is -2.12. The molecule has 1 fully saturated rings. The highest BCUT2D eigenvalue weighted by Gasteiger charge is 2.21. The van der Waals surface area contributed by atoms with Gasteiger partial charge in [-0.15, -0.1) is 0 Å². The lowest BCUT2D eigenvalue weighted by molar-refractivity contribution is 0.861. The minimum absolute atomic E-state index is 0.601. The zero-order chi connectivity index (χ0) is 8.55. The Bertz CT molecular complexity index is 256. The van der Waals surface area contributed by atoms with Crippen molar-refractivity contribution in [1.29, 1.82) is 0 Å². The predicted octanol–water partition coefficient (Wildman–Crippen LogP) is 2.03. The molecule has 0 radical (unpaired) electrons. The number of nitrogens with zero attached hydrogens (tertiary/aromatic N) is 2. The molecule has 2 nitrogen and oxygen atoms in total. The summed E-state index contributed by atoms with van der Waals surface area (Å²) in [6.45, 7) is 6.85. The Balaban J connectivity index is 2.36. The van der Waals surface area contributed by atoms with Gasteiger partial charge in [0.2, 0.25) is 0 Å². The maximum absolute atomic E-state index is 4.15. The van der Waals surface area contributed by atoms with Crippen LogP contribution in [0.1, 0.15) is 25.3 Å². The van der Waals surface area contributed by atoms with E-state index in [-0.39, 0.29) is 0 Å². The Morgan fingerprint density at radius 3 is 2.75 bits per heavy atom. The average Bonchev–Trinajstić information content (AvgIpc) is 2.87. The lowest BCUT2D eigenvalue weighted by Crippen LogP contribution is -1.99. The van der Waals surface area contributed by atoms with Crippen molar-refractivity contribution in [3.05, 3.63) is 24.0 Å². The fraction of sp³-hybridized carbons (Fsp3) is 0.500. The first kappa shape index (κ1) is 7.59. The SMILES string of the molecule is CC(C)c1ccncc1N1CC1. The Morgan fingerprint density at radius 2 is 2.17 bits per heavy atom. The molecule has 0 atom stereocenters. The molecule has 2 heterocycles. The normalized spacial score (nSPS) is 15.4. The molecule has 2 heteroatoms. The molecular weight excluding hydrogens is 148 g/mol. The van der Waals surface area contributed by atoms with Gasteiger partial charge in [-0.2, -0.15) is 0 Å². The van der Waals surface area contributed by atoms with E-state index in [0.717, 1.165) is 0 Å². The van der Waals surface area contributed by atoms with Crippen LogP contribution in [-0.4, -0.2) is 18.1 Å². The molecule has 0 saturated carbocycles. The van der Waals surface area contributed by atoms with Crippen molar-refractivity contribution < 1.29 is 0 Å². The van der Waals surface area contributed by atoms with E-state index in [4.69, 9.17) is 0 Å². The Labute approximate surface area is 73.2 Å². The Kier molecular flexibility index (Phi) is 1.75. The second-order valence-corrected chi connectivity index (χ2v) is 3.58. The van der Waals surface area contributed by atoms with E-state index in [1.807, 2.05) is 12.4 Å². The van der Waals surface area contributed by atoms with Gasteiger partial charge in [0.15, 0.2) is 0 Å². The van der Waals surface area contributed by atoms with Crippen LogP contribution in [0.5, 0.6) is 0 Å². The van der Waals surface area contributed by atoms with Crippen molar-refractivity contribution in [2.45, 2.75) is 19.8 Å². The van der Waals surface area contributed by atoms with E-state index in [1.54, 1.807) is 0 Å². The minimum Gasteiger partial charge on any atom is -0.367 e. The summed E-state index contributed by atoms with van der Waals surface area (Å²) < 4.78 is 0. The summed E-state index contributed by atoms with van der Waals surface area (Å²) in [4.78, 5) is 6.50. The van der Waals surface area contributed by atoms with Gasteiger partial charge in [0.1, 0.15) is 0 Å². The van der Waals surface area contributed by atoms with Crippen molar-refractivity contribution in [2.75, 3.05) is 18.0 Å². The molecule has 64 valence electrons. The number of hydrogen-bond acceptors (Lipinski definition) is 2. The number of aromatic nitrogens is 1. The van der Waals surface area contributed by atoms with Crippen molar-refractivity contribution in [3.8, 4) is 0 Å². The van der Waals surface area contributed by atoms with Gasteiger partial charge in [-0.25, -0.2) is 0 Å².